The van der Waals surface area contributed by atoms with Gasteiger partial charge in [0.1, 0.15) is 11.7 Å². The molecule has 1 heterocycles. The summed E-state index contributed by atoms with van der Waals surface area (Å²) in [4.78, 5) is 39.3. The molecule has 3 atom stereocenters. The summed E-state index contributed by atoms with van der Waals surface area (Å²) in [7, 11) is 0. The number of esters is 1. The molecule has 166 valence electrons. The predicted molar refractivity (Wildman–Crippen MR) is 119 cm³/mol. The average molecular weight is 434 g/mol. The van der Waals surface area contributed by atoms with Gasteiger partial charge in [0.25, 0.3) is 0 Å². The third-order valence-corrected chi connectivity index (χ3v) is 6.09. The van der Waals surface area contributed by atoms with E-state index < -0.39 is 17.8 Å². The highest BCUT2D eigenvalue weighted by Crippen LogP contribution is 2.45. The molecule has 4 rings (SSSR count). The van der Waals surface area contributed by atoms with Crippen molar-refractivity contribution in [1.82, 2.24) is 5.32 Å². The zero-order valence-electron chi connectivity index (χ0n) is 18.3. The Labute approximate surface area is 187 Å². The van der Waals surface area contributed by atoms with Crippen molar-refractivity contribution in [3.05, 3.63) is 77.0 Å². The minimum Gasteiger partial charge on any atom is -0.494 e. The first kappa shape index (κ1) is 21.8. The van der Waals surface area contributed by atoms with Gasteiger partial charge in [-0.3, -0.25) is 14.4 Å². The van der Waals surface area contributed by atoms with Gasteiger partial charge >= 0.3 is 5.97 Å². The van der Waals surface area contributed by atoms with Gasteiger partial charge in [-0.25, -0.2) is 0 Å². The summed E-state index contributed by atoms with van der Waals surface area (Å²) < 4.78 is 10.8. The van der Waals surface area contributed by atoms with Crippen LogP contribution in [0.4, 0.5) is 0 Å². The number of carbonyl (C=O) groups is 3. The monoisotopic (exact) mass is 433 g/mol. The van der Waals surface area contributed by atoms with E-state index in [4.69, 9.17) is 9.47 Å². The summed E-state index contributed by atoms with van der Waals surface area (Å²) in [5.41, 5.74) is 2.85. The lowest BCUT2D eigenvalue weighted by Crippen LogP contribution is -2.44. The Kier molecular flexibility index (Phi) is 6.40. The molecule has 2 aliphatic rings. The smallest absolute Gasteiger partial charge is 0.317 e. The molecular weight excluding hydrogens is 406 g/mol. The summed E-state index contributed by atoms with van der Waals surface area (Å²) in [6.45, 7) is 4.41. The van der Waals surface area contributed by atoms with Crippen LogP contribution in [0.5, 0.6) is 5.75 Å². The predicted octanol–water partition coefficient (Wildman–Crippen LogP) is 3.88. The molecule has 0 radical (unpaired) electrons. The van der Waals surface area contributed by atoms with Gasteiger partial charge in [-0.15, -0.1) is 0 Å². The van der Waals surface area contributed by atoms with E-state index in [0.717, 1.165) is 16.9 Å². The highest BCUT2D eigenvalue weighted by Gasteiger charge is 2.47. The third kappa shape index (κ3) is 4.17. The number of carbonyl (C=O) groups excluding carboxylic acids is 3. The normalized spacial score (nSPS) is 22.8. The molecule has 32 heavy (non-hydrogen) atoms. The van der Waals surface area contributed by atoms with Crippen molar-refractivity contribution < 1.29 is 23.9 Å². The van der Waals surface area contributed by atoms with Crippen molar-refractivity contribution in [3.8, 4) is 5.75 Å². The highest BCUT2D eigenvalue weighted by atomic mass is 16.5. The zero-order chi connectivity index (χ0) is 22.7. The summed E-state index contributed by atoms with van der Waals surface area (Å²) in [6, 6.07) is 16.9. The third-order valence-electron chi connectivity index (χ3n) is 6.09. The summed E-state index contributed by atoms with van der Waals surface area (Å²) in [5.74, 6) is -1.91. The van der Waals surface area contributed by atoms with E-state index in [9.17, 15) is 14.4 Å². The molecule has 1 aliphatic carbocycles. The number of amides is 1. The number of ether oxygens (including phenoxy) is 2. The number of ketones is 1. The van der Waals surface area contributed by atoms with Crippen LogP contribution < -0.4 is 10.1 Å². The van der Waals surface area contributed by atoms with E-state index in [1.165, 1.54) is 0 Å². The first-order valence-corrected chi connectivity index (χ1v) is 11.0. The van der Waals surface area contributed by atoms with Crippen molar-refractivity contribution in [3.63, 3.8) is 0 Å². The Morgan fingerprint density at radius 3 is 2.31 bits per heavy atom. The van der Waals surface area contributed by atoms with Crippen LogP contribution in [-0.2, 0) is 19.1 Å². The lowest BCUT2D eigenvalue weighted by atomic mass is 9.68. The molecule has 6 heteroatoms. The Bertz CT molecular complexity index is 1040. The molecule has 6 nitrogen and oxygen atoms in total. The first-order chi connectivity index (χ1) is 15.5. The second kappa shape index (κ2) is 9.39. The average Bonchev–Trinajstić information content (AvgIpc) is 2.79. The Morgan fingerprint density at radius 1 is 0.938 bits per heavy atom. The summed E-state index contributed by atoms with van der Waals surface area (Å²) >= 11 is 0. The fourth-order valence-corrected chi connectivity index (χ4v) is 4.72. The number of nitrogens with one attached hydrogen (secondary N) is 1. The first-order valence-electron chi connectivity index (χ1n) is 11.0. The second-order valence-electron chi connectivity index (χ2n) is 8.01. The number of hydrogen-bond donors (Lipinski definition) is 1. The molecule has 0 spiro atoms. The van der Waals surface area contributed by atoms with E-state index in [2.05, 4.69) is 5.32 Å². The topological polar surface area (TPSA) is 81.7 Å². The minimum absolute atomic E-state index is 0.128. The second-order valence-corrected chi connectivity index (χ2v) is 8.01. The molecule has 2 aromatic rings. The van der Waals surface area contributed by atoms with Crippen molar-refractivity contribution in [2.45, 2.75) is 38.5 Å². The Hall–Kier alpha value is -3.41. The molecule has 1 amide bonds. The van der Waals surface area contributed by atoms with Gasteiger partial charge in [0.2, 0.25) is 5.91 Å². The van der Waals surface area contributed by atoms with Gasteiger partial charge in [0, 0.05) is 29.5 Å². The fourth-order valence-electron chi connectivity index (χ4n) is 4.72. The quantitative estimate of drug-likeness (QED) is 0.552. The van der Waals surface area contributed by atoms with Crippen LogP contribution in [0.15, 0.2) is 65.9 Å². The Morgan fingerprint density at radius 2 is 1.66 bits per heavy atom. The number of hydrogen-bond acceptors (Lipinski definition) is 5. The van der Waals surface area contributed by atoms with E-state index >= 15 is 0 Å². The molecule has 0 aromatic heterocycles. The van der Waals surface area contributed by atoms with Gasteiger partial charge < -0.3 is 14.8 Å². The molecule has 2 aromatic carbocycles. The highest BCUT2D eigenvalue weighted by molar-refractivity contribution is 6.12. The maximum absolute atomic E-state index is 13.8. The number of rotatable bonds is 6. The fraction of sp³-hybridized carbons (Fsp3) is 0.346. The van der Waals surface area contributed by atoms with Crippen molar-refractivity contribution in [2.75, 3.05) is 13.2 Å². The molecule has 1 aliphatic heterocycles. The van der Waals surface area contributed by atoms with Crippen LogP contribution in [0.2, 0.25) is 0 Å². The van der Waals surface area contributed by atoms with Crippen LogP contribution in [-0.4, -0.2) is 30.9 Å². The van der Waals surface area contributed by atoms with E-state index in [1.807, 2.05) is 61.5 Å². The van der Waals surface area contributed by atoms with Crippen LogP contribution in [0.25, 0.3) is 0 Å². The molecule has 0 saturated heterocycles. The van der Waals surface area contributed by atoms with E-state index in [0.29, 0.717) is 24.3 Å². The summed E-state index contributed by atoms with van der Waals surface area (Å²) in [6.07, 6.45) is 0.554. The molecule has 0 bridgehead atoms. The maximum atomic E-state index is 13.8. The maximum Gasteiger partial charge on any atom is 0.317 e. The van der Waals surface area contributed by atoms with Gasteiger partial charge in [0.05, 0.1) is 13.2 Å². The number of allylic oxidation sites excluding steroid dienone is 2. The molecular formula is C26H27NO5. The standard InChI is InChI=1S/C26H27NO5/c1-3-31-18-12-10-17(11-13-18)20-15-22(28)27-21-14-19(16-8-6-5-7-9-16)24(25(29)23(20)21)26(30)32-4-2/h5-13,19-20,24H,3-4,14-15H2,1-2H3,(H,27,28)/t19-,20+,24+/m1/s1. The van der Waals surface area contributed by atoms with Crippen LogP contribution in [0.3, 0.4) is 0 Å². The SMILES string of the molecule is CCOC(=O)[C@@H]1C(=O)C2=C(C[C@@H]1c1ccccc1)NC(=O)C[C@H]2c1ccc(OCC)cc1. The lowest BCUT2D eigenvalue weighted by molar-refractivity contribution is -0.152. The van der Waals surface area contributed by atoms with E-state index in [1.54, 1.807) is 6.92 Å². The number of benzene rings is 2. The van der Waals surface area contributed by atoms with E-state index in [-0.39, 0.29) is 30.6 Å². The van der Waals surface area contributed by atoms with Gasteiger partial charge in [-0.1, -0.05) is 42.5 Å². The Balaban J connectivity index is 1.77. The molecule has 0 fully saturated rings. The van der Waals surface area contributed by atoms with Gasteiger partial charge in [-0.05, 0) is 43.5 Å². The van der Waals surface area contributed by atoms with Crippen molar-refractivity contribution >= 4 is 17.7 Å². The molecule has 0 unspecified atom stereocenters. The van der Waals surface area contributed by atoms with Gasteiger partial charge in [0.15, 0.2) is 5.78 Å². The largest absolute Gasteiger partial charge is 0.494 e. The molecule has 0 saturated carbocycles. The zero-order valence-corrected chi connectivity index (χ0v) is 18.3. The lowest BCUT2D eigenvalue weighted by Gasteiger charge is -2.38. The van der Waals surface area contributed by atoms with Crippen LogP contribution >= 0.6 is 0 Å². The van der Waals surface area contributed by atoms with Crippen LogP contribution in [0, 0.1) is 5.92 Å². The minimum atomic E-state index is -0.934. The van der Waals surface area contributed by atoms with Gasteiger partial charge in [-0.2, -0.15) is 0 Å². The number of Topliss-reactive ketones (excluding diaryl/α,β-unsaturated/α-hetero) is 1. The van der Waals surface area contributed by atoms with Crippen molar-refractivity contribution in [2.24, 2.45) is 5.92 Å². The summed E-state index contributed by atoms with van der Waals surface area (Å²) in [5, 5.41) is 2.91. The molecule has 1 N–H and O–H groups in total. The van der Waals surface area contributed by atoms with Crippen LogP contribution in [0.1, 0.15) is 49.7 Å². The van der Waals surface area contributed by atoms with Crippen molar-refractivity contribution in [1.29, 1.82) is 0 Å².